The SMILES string of the molecule is OC/C=C\CCN1CCCC1. The summed E-state index contributed by atoms with van der Waals surface area (Å²) in [6, 6.07) is 0. The van der Waals surface area contributed by atoms with Gasteiger partial charge in [0.1, 0.15) is 0 Å². The summed E-state index contributed by atoms with van der Waals surface area (Å²) in [4.78, 5) is 2.47. The van der Waals surface area contributed by atoms with Crippen LogP contribution >= 0.6 is 0 Å². The minimum Gasteiger partial charge on any atom is -0.392 e. The maximum atomic E-state index is 8.46. The van der Waals surface area contributed by atoms with Gasteiger partial charge >= 0.3 is 0 Å². The predicted octanol–water partition coefficient (Wildman–Crippen LogP) is 1.02. The summed E-state index contributed by atoms with van der Waals surface area (Å²) in [5.41, 5.74) is 0. The van der Waals surface area contributed by atoms with Gasteiger partial charge in [0.05, 0.1) is 6.61 Å². The molecule has 0 aromatic carbocycles. The molecule has 11 heavy (non-hydrogen) atoms. The Kier molecular flexibility index (Phi) is 4.24. The Balaban J connectivity index is 1.97. The summed E-state index contributed by atoms with van der Waals surface area (Å²) in [6.45, 7) is 3.89. The Labute approximate surface area is 68.5 Å². The topological polar surface area (TPSA) is 23.5 Å². The monoisotopic (exact) mass is 155 g/mol. The maximum Gasteiger partial charge on any atom is 0.0612 e. The summed E-state index contributed by atoms with van der Waals surface area (Å²) in [5, 5.41) is 8.46. The molecule has 0 atom stereocenters. The van der Waals surface area contributed by atoms with Crippen LogP contribution in [-0.2, 0) is 0 Å². The van der Waals surface area contributed by atoms with E-state index in [9.17, 15) is 0 Å². The molecule has 1 saturated heterocycles. The maximum absolute atomic E-state index is 8.46. The molecule has 0 amide bonds. The van der Waals surface area contributed by atoms with Crippen LogP contribution in [0.2, 0.25) is 0 Å². The number of rotatable bonds is 4. The van der Waals surface area contributed by atoms with Gasteiger partial charge in [-0.3, -0.25) is 0 Å². The lowest BCUT2D eigenvalue weighted by Crippen LogP contribution is -2.19. The lowest BCUT2D eigenvalue weighted by Gasteiger charge is -2.11. The van der Waals surface area contributed by atoms with Crippen LogP contribution in [0.4, 0.5) is 0 Å². The molecule has 2 heteroatoms. The molecule has 0 unspecified atom stereocenters. The van der Waals surface area contributed by atoms with Crippen molar-refractivity contribution in [1.82, 2.24) is 4.90 Å². The highest BCUT2D eigenvalue weighted by atomic mass is 16.2. The van der Waals surface area contributed by atoms with Crippen molar-refractivity contribution in [2.45, 2.75) is 19.3 Å². The van der Waals surface area contributed by atoms with Gasteiger partial charge in [0.25, 0.3) is 0 Å². The number of aliphatic hydroxyl groups excluding tert-OH is 1. The second-order valence-corrected chi connectivity index (χ2v) is 2.99. The fraction of sp³-hybridized carbons (Fsp3) is 0.778. The molecule has 0 aromatic heterocycles. The normalized spacial score (nSPS) is 20.1. The minimum absolute atomic E-state index is 0.181. The number of likely N-dealkylation sites (tertiary alicyclic amines) is 1. The molecule has 0 radical (unpaired) electrons. The van der Waals surface area contributed by atoms with Crippen LogP contribution in [0.5, 0.6) is 0 Å². The molecule has 1 rings (SSSR count). The van der Waals surface area contributed by atoms with Crippen molar-refractivity contribution in [1.29, 1.82) is 0 Å². The molecule has 1 aliphatic heterocycles. The third kappa shape index (κ3) is 3.54. The summed E-state index contributed by atoms with van der Waals surface area (Å²) in [6.07, 6.45) is 7.68. The number of nitrogens with zero attached hydrogens (tertiary/aromatic N) is 1. The average molecular weight is 155 g/mol. The number of hydrogen-bond donors (Lipinski definition) is 1. The van der Waals surface area contributed by atoms with Gasteiger partial charge in [-0.05, 0) is 32.4 Å². The molecule has 0 saturated carbocycles. The van der Waals surface area contributed by atoms with E-state index >= 15 is 0 Å². The molecular formula is C9H17NO. The molecule has 0 aliphatic carbocycles. The van der Waals surface area contributed by atoms with E-state index in [0.29, 0.717) is 0 Å². The van der Waals surface area contributed by atoms with Gasteiger partial charge in [0, 0.05) is 6.54 Å². The van der Waals surface area contributed by atoms with Crippen LogP contribution in [0.1, 0.15) is 19.3 Å². The summed E-state index contributed by atoms with van der Waals surface area (Å²) in [7, 11) is 0. The van der Waals surface area contributed by atoms with E-state index in [-0.39, 0.29) is 6.61 Å². The van der Waals surface area contributed by atoms with Crippen molar-refractivity contribution >= 4 is 0 Å². The lowest BCUT2D eigenvalue weighted by molar-refractivity contribution is 0.337. The third-order valence-corrected chi connectivity index (χ3v) is 2.08. The van der Waals surface area contributed by atoms with E-state index < -0.39 is 0 Å². The molecule has 1 heterocycles. The third-order valence-electron chi connectivity index (χ3n) is 2.08. The van der Waals surface area contributed by atoms with Crippen molar-refractivity contribution in [3.63, 3.8) is 0 Å². The average Bonchev–Trinajstić information content (AvgIpc) is 2.50. The van der Waals surface area contributed by atoms with E-state index in [1.807, 2.05) is 6.08 Å². The molecule has 1 N–H and O–H groups in total. The summed E-state index contributed by atoms with van der Waals surface area (Å²) >= 11 is 0. The van der Waals surface area contributed by atoms with Gasteiger partial charge in [0.2, 0.25) is 0 Å². The van der Waals surface area contributed by atoms with Crippen LogP contribution in [-0.4, -0.2) is 36.2 Å². The number of hydrogen-bond acceptors (Lipinski definition) is 2. The zero-order valence-corrected chi connectivity index (χ0v) is 7.00. The minimum atomic E-state index is 0.181. The van der Waals surface area contributed by atoms with E-state index in [0.717, 1.165) is 13.0 Å². The summed E-state index contributed by atoms with van der Waals surface area (Å²) < 4.78 is 0. The highest BCUT2D eigenvalue weighted by Gasteiger charge is 2.08. The molecule has 2 nitrogen and oxygen atoms in total. The zero-order valence-electron chi connectivity index (χ0n) is 7.00. The molecule has 1 aliphatic rings. The second-order valence-electron chi connectivity index (χ2n) is 2.99. The first-order chi connectivity index (χ1) is 5.43. The van der Waals surface area contributed by atoms with Gasteiger partial charge < -0.3 is 10.0 Å². The molecule has 0 aromatic rings. The first-order valence-electron chi connectivity index (χ1n) is 4.41. The van der Waals surface area contributed by atoms with Gasteiger partial charge in [-0.1, -0.05) is 12.2 Å². The first-order valence-corrected chi connectivity index (χ1v) is 4.41. The fourth-order valence-electron chi connectivity index (χ4n) is 1.46. The van der Waals surface area contributed by atoms with E-state index in [4.69, 9.17) is 5.11 Å². The Hall–Kier alpha value is -0.340. The Morgan fingerprint density at radius 3 is 2.55 bits per heavy atom. The van der Waals surface area contributed by atoms with Gasteiger partial charge in [-0.2, -0.15) is 0 Å². The largest absolute Gasteiger partial charge is 0.392 e. The van der Waals surface area contributed by atoms with Crippen molar-refractivity contribution in [3.05, 3.63) is 12.2 Å². The number of aliphatic hydroxyl groups is 1. The van der Waals surface area contributed by atoms with Crippen molar-refractivity contribution < 1.29 is 5.11 Å². The lowest BCUT2D eigenvalue weighted by atomic mass is 10.3. The van der Waals surface area contributed by atoms with Gasteiger partial charge in [0.15, 0.2) is 0 Å². The quantitative estimate of drug-likeness (QED) is 0.613. The molecule has 64 valence electrons. The van der Waals surface area contributed by atoms with Crippen molar-refractivity contribution in [2.24, 2.45) is 0 Å². The van der Waals surface area contributed by atoms with Crippen LogP contribution < -0.4 is 0 Å². The van der Waals surface area contributed by atoms with E-state index in [1.54, 1.807) is 0 Å². The van der Waals surface area contributed by atoms with Crippen molar-refractivity contribution in [3.8, 4) is 0 Å². The Morgan fingerprint density at radius 2 is 1.91 bits per heavy atom. The van der Waals surface area contributed by atoms with E-state index in [1.165, 1.54) is 25.9 Å². The summed E-state index contributed by atoms with van der Waals surface area (Å²) in [5.74, 6) is 0. The first kappa shape index (κ1) is 8.75. The molecular weight excluding hydrogens is 138 g/mol. The van der Waals surface area contributed by atoms with Crippen molar-refractivity contribution in [2.75, 3.05) is 26.2 Å². The van der Waals surface area contributed by atoms with Crippen LogP contribution in [0.15, 0.2) is 12.2 Å². The highest BCUT2D eigenvalue weighted by Crippen LogP contribution is 2.07. The second kappa shape index (κ2) is 5.33. The van der Waals surface area contributed by atoms with Gasteiger partial charge in [-0.15, -0.1) is 0 Å². The van der Waals surface area contributed by atoms with Crippen LogP contribution in [0.25, 0.3) is 0 Å². The zero-order chi connectivity index (χ0) is 7.94. The molecule has 0 spiro atoms. The highest BCUT2D eigenvalue weighted by molar-refractivity contribution is 4.82. The predicted molar refractivity (Wildman–Crippen MR) is 46.5 cm³/mol. The van der Waals surface area contributed by atoms with Crippen LogP contribution in [0, 0.1) is 0 Å². The van der Waals surface area contributed by atoms with E-state index in [2.05, 4.69) is 11.0 Å². The Morgan fingerprint density at radius 1 is 1.18 bits per heavy atom. The van der Waals surface area contributed by atoms with Crippen LogP contribution in [0.3, 0.4) is 0 Å². The fourth-order valence-corrected chi connectivity index (χ4v) is 1.46. The molecule has 0 bridgehead atoms. The standard InChI is InChI=1S/C9H17NO/c11-9-5-1-2-6-10-7-3-4-8-10/h1,5,11H,2-4,6-9H2/b5-1-. The van der Waals surface area contributed by atoms with Gasteiger partial charge in [-0.25, -0.2) is 0 Å². The Bertz CT molecular complexity index is 117. The smallest absolute Gasteiger partial charge is 0.0612 e. The molecule has 1 fully saturated rings.